The summed E-state index contributed by atoms with van der Waals surface area (Å²) in [5.74, 6) is 2.41. The lowest BCUT2D eigenvalue weighted by atomic mass is 9.91. The molecule has 0 bridgehead atoms. The Bertz CT molecular complexity index is 156. The molecule has 2 fully saturated rings. The maximum absolute atomic E-state index is 8.58. The molecule has 0 aliphatic heterocycles. The van der Waals surface area contributed by atoms with Crippen LogP contribution < -0.4 is 0 Å². The first-order valence-electron chi connectivity index (χ1n) is 3.80. The van der Waals surface area contributed by atoms with Gasteiger partial charge in [-0.25, -0.2) is 0 Å². The fourth-order valence-corrected chi connectivity index (χ4v) is 1.97. The zero-order valence-electron chi connectivity index (χ0n) is 5.51. The molecule has 2 aliphatic carbocycles. The molecule has 3 atom stereocenters. The van der Waals surface area contributed by atoms with Gasteiger partial charge in [0, 0.05) is 5.92 Å². The molecule has 0 radical (unpaired) electrons. The van der Waals surface area contributed by atoms with Crippen LogP contribution in [0.1, 0.15) is 25.7 Å². The van der Waals surface area contributed by atoms with Crippen molar-refractivity contribution < 1.29 is 0 Å². The molecule has 0 N–H and O–H groups in total. The lowest BCUT2D eigenvalue weighted by Crippen LogP contribution is -2.05. The molecule has 0 amide bonds. The van der Waals surface area contributed by atoms with Crippen LogP contribution in [-0.4, -0.2) is 0 Å². The molecule has 2 aliphatic rings. The molecule has 9 heavy (non-hydrogen) atoms. The third-order valence-electron chi connectivity index (χ3n) is 2.72. The number of fused-ring (bicyclic) bond motifs is 1. The van der Waals surface area contributed by atoms with Gasteiger partial charge in [0.2, 0.25) is 0 Å². The van der Waals surface area contributed by atoms with Crippen molar-refractivity contribution in [3.63, 3.8) is 0 Å². The number of nitriles is 1. The minimum Gasteiger partial charge on any atom is -0.198 e. The third-order valence-corrected chi connectivity index (χ3v) is 2.72. The summed E-state index contributed by atoms with van der Waals surface area (Å²) in [6.45, 7) is 0. The van der Waals surface area contributed by atoms with E-state index < -0.39 is 0 Å². The Hall–Kier alpha value is -0.510. The van der Waals surface area contributed by atoms with Gasteiger partial charge < -0.3 is 0 Å². The summed E-state index contributed by atoms with van der Waals surface area (Å²) in [6, 6.07) is 2.36. The summed E-state index contributed by atoms with van der Waals surface area (Å²) in [6.07, 6.45) is 5.15. The Morgan fingerprint density at radius 2 is 2.00 bits per heavy atom. The molecule has 2 rings (SSSR count). The van der Waals surface area contributed by atoms with Crippen molar-refractivity contribution in [2.45, 2.75) is 25.7 Å². The highest BCUT2D eigenvalue weighted by atomic mass is 14.5. The van der Waals surface area contributed by atoms with Gasteiger partial charge in [-0.3, -0.25) is 0 Å². The van der Waals surface area contributed by atoms with Gasteiger partial charge in [0.1, 0.15) is 0 Å². The van der Waals surface area contributed by atoms with E-state index in [9.17, 15) is 0 Å². The van der Waals surface area contributed by atoms with Crippen LogP contribution in [0.4, 0.5) is 0 Å². The van der Waals surface area contributed by atoms with Crippen molar-refractivity contribution in [2.75, 3.05) is 0 Å². The first kappa shape index (κ1) is 5.29. The van der Waals surface area contributed by atoms with E-state index in [4.69, 9.17) is 5.26 Å². The van der Waals surface area contributed by atoms with Crippen molar-refractivity contribution in [3.8, 4) is 6.07 Å². The Morgan fingerprint density at radius 1 is 1.11 bits per heavy atom. The molecular formula is C8H11N. The normalized spacial score (nSPS) is 47.2. The minimum absolute atomic E-state index is 0.411. The maximum Gasteiger partial charge on any atom is 0.0655 e. The fourth-order valence-electron chi connectivity index (χ4n) is 1.97. The van der Waals surface area contributed by atoms with Crippen LogP contribution in [0.5, 0.6) is 0 Å². The largest absolute Gasteiger partial charge is 0.198 e. The lowest BCUT2D eigenvalue weighted by Gasteiger charge is -2.12. The van der Waals surface area contributed by atoms with E-state index in [0.29, 0.717) is 5.92 Å². The molecule has 0 heterocycles. The van der Waals surface area contributed by atoms with E-state index in [1.54, 1.807) is 0 Å². The lowest BCUT2D eigenvalue weighted by molar-refractivity contribution is 0.408. The summed E-state index contributed by atoms with van der Waals surface area (Å²) in [5, 5.41) is 8.58. The fraction of sp³-hybridized carbons (Fsp3) is 0.875. The van der Waals surface area contributed by atoms with Gasteiger partial charge in [-0.15, -0.1) is 0 Å². The average molecular weight is 121 g/mol. The van der Waals surface area contributed by atoms with Crippen molar-refractivity contribution in [2.24, 2.45) is 17.8 Å². The van der Waals surface area contributed by atoms with E-state index in [1.165, 1.54) is 25.7 Å². The Labute approximate surface area is 55.7 Å². The Kier molecular flexibility index (Phi) is 1.02. The molecule has 0 aromatic heterocycles. The number of rotatable bonds is 0. The second-order valence-electron chi connectivity index (χ2n) is 3.39. The van der Waals surface area contributed by atoms with Gasteiger partial charge in [0.25, 0.3) is 0 Å². The van der Waals surface area contributed by atoms with E-state index in [-0.39, 0.29) is 0 Å². The first-order chi connectivity index (χ1) is 4.40. The van der Waals surface area contributed by atoms with Crippen molar-refractivity contribution >= 4 is 0 Å². The summed E-state index contributed by atoms with van der Waals surface area (Å²) in [7, 11) is 0. The molecule has 0 saturated heterocycles. The van der Waals surface area contributed by atoms with Crippen LogP contribution >= 0.6 is 0 Å². The quantitative estimate of drug-likeness (QED) is 0.480. The predicted octanol–water partition coefficient (Wildman–Crippen LogP) is 1.95. The summed E-state index contributed by atoms with van der Waals surface area (Å²) >= 11 is 0. The molecule has 3 unspecified atom stereocenters. The zero-order valence-corrected chi connectivity index (χ0v) is 5.51. The topological polar surface area (TPSA) is 23.8 Å². The average Bonchev–Trinajstić information content (AvgIpc) is 2.64. The molecule has 2 saturated carbocycles. The van der Waals surface area contributed by atoms with Crippen molar-refractivity contribution in [3.05, 3.63) is 0 Å². The van der Waals surface area contributed by atoms with Gasteiger partial charge in [0.15, 0.2) is 0 Å². The van der Waals surface area contributed by atoms with Crippen LogP contribution in [0.25, 0.3) is 0 Å². The second-order valence-corrected chi connectivity index (χ2v) is 3.39. The predicted molar refractivity (Wildman–Crippen MR) is 34.6 cm³/mol. The molecule has 1 nitrogen and oxygen atoms in total. The van der Waals surface area contributed by atoms with Gasteiger partial charge >= 0.3 is 0 Å². The standard InChI is InChI=1S/C8H11N/c9-5-6-1-2-7-4-8(7)3-6/h6-8H,1-4H2. The van der Waals surface area contributed by atoms with E-state index in [2.05, 4.69) is 6.07 Å². The van der Waals surface area contributed by atoms with E-state index >= 15 is 0 Å². The SMILES string of the molecule is N#CC1CCC2CC2C1. The maximum atomic E-state index is 8.58. The monoisotopic (exact) mass is 121 g/mol. The number of hydrogen-bond donors (Lipinski definition) is 0. The highest BCUT2D eigenvalue weighted by Crippen LogP contribution is 2.51. The summed E-state index contributed by atoms with van der Waals surface area (Å²) < 4.78 is 0. The first-order valence-corrected chi connectivity index (χ1v) is 3.80. The molecular weight excluding hydrogens is 110 g/mol. The van der Waals surface area contributed by atoms with E-state index in [1.807, 2.05) is 0 Å². The minimum atomic E-state index is 0.411. The Morgan fingerprint density at radius 3 is 2.67 bits per heavy atom. The summed E-state index contributed by atoms with van der Waals surface area (Å²) in [4.78, 5) is 0. The van der Waals surface area contributed by atoms with Gasteiger partial charge in [-0.1, -0.05) is 0 Å². The third kappa shape index (κ3) is 0.830. The number of hydrogen-bond acceptors (Lipinski definition) is 1. The highest BCUT2D eigenvalue weighted by molar-refractivity contribution is 4.98. The van der Waals surface area contributed by atoms with Crippen LogP contribution in [0.15, 0.2) is 0 Å². The van der Waals surface area contributed by atoms with Gasteiger partial charge in [-0.2, -0.15) is 5.26 Å². The van der Waals surface area contributed by atoms with Crippen molar-refractivity contribution in [1.29, 1.82) is 5.26 Å². The number of nitrogens with zero attached hydrogens (tertiary/aromatic N) is 1. The molecule has 48 valence electrons. The van der Waals surface area contributed by atoms with Crippen molar-refractivity contribution in [1.82, 2.24) is 0 Å². The van der Waals surface area contributed by atoms with Crippen LogP contribution in [-0.2, 0) is 0 Å². The van der Waals surface area contributed by atoms with E-state index in [0.717, 1.165) is 11.8 Å². The van der Waals surface area contributed by atoms with Crippen LogP contribution in [0.2, 0.25) is 0 Å². The second kappa shape index (κ2) is 1.73. The Balaban J connectivity index is 1.95. The molecule has 0 aromatic rings. The summed E-state index contributed by atoms with van der Waals surface area (Å²) in [5.41, 5.74) is 0. The van der Waals surface area contributed by atoms with Gasteiger partial charge in [0.05, 0.1) is 6.07 Å². The zero-order chi connectivity index (χ0) is 6.27. The molecule has 0 spiro atoms. The smallest absolute Gasteiger partial charge is 0.0655 e. The molecule has 0 aromatic carbocycles. The van der Waals surface area contributed by atoms with Crippen LogP contribution in [0, 0.1) is 29.1 Å². The van der Waals surface area contributed by atoms with Crippen LogP contribution in [0.3, 0.4) is 0 Å². The molecule has 1 heteroatoms. The highest BCUT2D eigenvalue weighted by Gasteiger charge is 2.41. The van der Waals surface area contributed by atoms with Gasteiger partial charge in [-0.05, 0) is 37.5 Å².